The van der Waals surface area contributed by atoms with Crippen molar-refractivity contribution < 1.29 is 58.3 Å². The van der Waals surface area contributed by atoms with E-state index in [1.165, 1.54) is 0 Å². The van der Waals surface area contributed by atoms with E-state index in [0.717, 1.165) is 0 Å². The van der Waals surface area contributed by atoms with E-state index in [9.17, 15) is 0 Å². The SMILES string of the molecule is P.[Co].[Re].[W]. The Hall–Kier alpha value is 2.29. The van der Waals surface area contributed by atoms with Gasteiger partial charge < -0.3 is 0 Å². The molecule has 0 fully saturated rings. The van der Waals surface area contributed by atoms with Crippen molar-refractivity contribution >= 4 is 9.90 Å². The quantitative estimate of drug-likeness (QED) is 0.446. The minimum Gasteiger partial charge on any atom is -0.153 e. The Balaban J connectivity index is 0. The molecular weight excluding hydrogens is 460 g/mol. The van der Waals surface area contributed by atoms with Crippen molar-refractivity contribution in [1.82, 2.24) is 0 Å². The van der Waals surface area contributed by atoms with Crippen molar-refractivity contribution in [3.05, 3.63) is 0 Å². The summed E-state index contributed by atoms with van der Waals surface area (Å²) in [5, 5.41) is 0. The summed E-state index contributed by atoms with van der Waals surface area (Å²) in [5.41, 5.74) is 0. The van der Waals surface area contributed by atoms with Gasteiger partial charge in [-0.2, -0.15) is 9.90 Å². The van der Waals surface area contributed by atoms with Crippen molar-refractivity contribution in [2.24, 2.45) is 0 Å². The van der Waals surface area contributed by atoms with Gasteiger partial charge in [-0.05, 0) is 0 Å². The molecule has 0 spiro atoms. The van der Waals surface area contributed by atoms with Gasteiger partial charge in [-0.1, -0.05) is 0 Å². The molecule has 2 radical (unpaired) electrons. The Labute approximate surface area is 67.6 Å². The number of hydrogen-bond donors (Lipinski definition) is 0. The van der Waals surface area contributed by atoms with E-state index in [0.29, 0.717) is 0 Å². The summed E-state index contributed by atoms with van der Waals surface area (Å²) in [6, 6.07) is 0. The van der Waals surface area contributed by atoms with Crippen LogP contribution < -0.4 is 0 Å². The van der Waals surface area contributed by atoms with Crippen LogP contribution in [-0.2, 0) is 58.3 Å². The van der Waals surface area contributed by atoms with Gasteiger partial charge >= 0.3 is 0 Å². The van der Waals surface area contributed by atoms with Gasteiger partial charge in [0.1, 0.15) is 0 Å². The molecule has 0 nitrogen and oxygen atoms in total. The Morgan fingerprint density at radius 2 is 1.00 bits per heavy atom. The molecule has 1 atom stereocenters. The Bertz CT molecular complexity index is 8.00. The van der Waals surface area contributed by atoms with Crippen molar-refractivity contribution in [2.45, 2.75) is 0 Å². The van der Waals surface area contributed by atoms with Gasteiger partial charge in [0.05, 0.1) is 0 Å². The Kier molecular flexibility index (Phi) is 156. The standard InChI is InChI=1S/Co.H3P.Re.W/h;1H3;;. The minimum atomic E-state index is 0. The molecule has 0 aliphatic carbocycles. The number of rotatable bonds is 0. The van der Waals surface area contributed by atoms with Crippen LogP contribution in [0, 0.1) is 0 Å². The summed E-state index contributed by atoms with van der Waals surface area (Å²) in [6.45, 7) is 0. The molecule has 0 aromatic rings. The summed E-state index contributed by atoms with van der Waals surface area (Å²) in [4.78, 5) is 0. The normalized spacial score (nSPS) is 0. The molecule has 0 aromatic carbocycles. The fraction of sp³-hybridized carbons (Fsp3) is 0. The first-order valence-corrected chi connectivity index (χ1v) is 0. The molecule has 0 bridgehead atoms. The van der Waals surface area contributed by atoms with Gasteiger partial charge in [-0.25, -0.2) is 0 Å². The predicted molar refractivity (Wildman–Crippen MR) is 11.1 cm³/mol. The average Bonchev–Trinajstić information content (AvgIpc) is 0. The van der Waals surface area contributed by atoms with E-state index in [2.05, 4.69) is 0 Å². The van der Waals surface area contributed by atoms with E-state index < -0.39 is 0 Å². The first kappa shape index (κ1) is 33.6. The van der Waals surface area contributed by atoms with Gasteiger partial charge in [-0.3, -0.25) is 0 Å². The third-order valence-electron chi connectivity index (χ3n) is 0. The molecule has 0 N–H and O–H groups in total. The maximum absolute atomic E-state index is 0. The Morgan fingerprint density at radius 3 is 1.00 bits per heavy atom. The van der Waals surface area contributed by atoms with Gasteiger partial charge in [-0.15, -0.1) is 0 Å². The smallest absolute Gasteiger partial charge is 0 e. The fourth-order valence-corrected chi connectivity index (χ4v) is 0. The molecule has 4 heavy (non-hydrogen) atoms. The molecule has 4 heteroatoms. The first-order chi connectivity index (χ1) is 0. The molecule has 1 unspecified atom stereocenters. The van der Waals surface area contributed by atoms with E-state index in [1.807, 2.05) is 0 Å². The van der Waals surface area contributed by atoms with Crippen molar-refractivity contribution in [3.63, 3.8) is 0 Å². The topological polar surface area (TPSA) is 0 Å². The summed E-state index contributed by atoms with van der Waals surface area (Å²) in [6.07, 6.45) is 0. The van der Waals surface area contributed by atoms with E-state index in [1.54, 1.807) is 0 Å². The summed E-state index contributed by atoms with van der Waals surface area (Å²) in [5.74, 6) is 0. The van der Waals surface area contributed by atoms with Crippen LogP contribution in [0.4, 0.5) is 0 Å². The van der Waals surface area contributed by atoms with Crippen LogP contribution >= 0.6 is 9.90 Å². The molecule has 0 aromatic heterocycles. The molecule has 0 saturated carbocycles. The summed E-state index contributed by atoms with van der Waals surface area (Å²) >= 11 is 0. The zero-order valence-electron chi connectivity index (χ0n) is 1.83. The Morgan fingerprint density at radius 1 is 1.00 bits per heavy atom. The van der Waals surface area contributed by atoms with Crippen LogP contribution in [-0.4, -0.2) is 0 Å². The van der Waals surface area contributed by atoms with Crippen LogP contribution in [0.25, 0.3) is 0 Å². The fourth-order valence-electron chi connectivity index (χ4n) is 0. The summed E-state index contributed by atoms with van der Waals surface area (Å²) in [7, 11) is 0. The van der Waals surface area contributed by atoms with Crippen LogP contribution in [0.5, 0.6) is 0 Å². The van der Waals surface area contributed by atoms with Crippen LogP contribution in [0.1, 0.15) is 0 Å². The van der Waals surface area contributed by atoms with Crippen molar-refractivity contribution in [3.8, 4) is 0 Å². The molecule has 0 heterocycles. The maximum atomic E-state index is 0. The molecule has 0 amide bonds. The molecule has 0 aliphatic heterocycles. The van der Waals surface area contributed by atoms with E-state index in [4.69, 9.17) is 0 Å². The molecule has 0 aliphatic rings. The number of hydrogen-bond acceptors (Lipinski definition) is 0. The summed E-state index contributed by atoms with van der Waals surface area (Å²) < 4.78 is 0. The largest absolute Gasteiger partial charge is 0.153 e. The van der Waals surface area contributed by atoms with Gasteiger partial charge in [0.15, 0.2) is 0 Å². The molecule has 30 valence electrons. The monoisotopic (exact) mass is 464 g/mol. The second-order valence-corrected chi connectivity index (χ2v) is 0. The van der Waals surface area contributed by atoms with Gasteiger partial charge in [0.2, 0.25) is 0 Å². The van der Waals surface area contributed by atoms with E-state index >= 15 is 0 Å². The van der Waals surface area contributed by atoms with Crippen molar-refractivity contribution in [1.29, 1.82) is 0 Å². The van der Waals surface area contributed by atoms with Crippen LogP contribution in [0.15, 0.2) is 0 Å². The first-order valence-electron chi connectivity index (χ1n) is 0. The zero-order valence-corrected chi connectivity index (χ0v) is 9.93. The van der Waals surface area contributed by atoms with Gasteiger partial charge in [0.25, 0.3) is 0 Å². The van der Waals surface area contributed by atoms with Gasteiger partial charge in [0, 0.05) is 58.3 Å². The average molecular weight is 463 g/mol. The van der Waals surface area contributed by atoms with Crippen LogP contribution in [0.2, 0.25) is 0 Å². The molecule has 0 saturated heterocycles. The van der Waals surface area contributed by atoms with Crippen molar-refractivity contribution in [2.75, 3.05) is 0 Å². The van der Waals surface area contributed by atoms with Crippen LogP contribution in [0.3, 0.4) is 0 Å². The molecular formula is H3CoPReW. The maximum Gasteiger partial charge on any atom is 0 e. The second-order valence-electron chi connectivity index (χ2n) is 0. The molecule has 0 rings (SSSR count). The second kappa shape index (κ2) is 18.6. The third kappa shape index (κ3) is 8.86. The zero-order chi connectivity index (χ0) is 0. The van der Waals surface area contributed by atoms with E-state index in [-0.39, 0.29) is 68.2 Å². The third-order valence-corrected chi connectivity index (χ3v) is 0. The minimum absolute atomic E-state index is 0. The predicted octanol–water partition coefficient (Wildman–Crippen LogP) is 0.0506.